The van der Waals surface area contributed by atoms with Crippen LogP contribution in [0.3, 0.4) is 0 Å². The maximum absolute atomic E-state index is 13.9. The zero-order valence-corrected chi connectivity index (χ0v) is 19.0. The van der Waals surface area contributed by atoms with Gasteiger partial charge in [-0.25, -0.2) is 4.98 Å². The molecule has 162 valence electrons. The van der Waals surface area contributed by atoms with Crippen LogP contribution in [-0.4, -0.2) is 49.9 Å². The number of carbonyl (C=O) groups is 1. The Morgan fingerprint density at radius 1 is 1.19 bits per heavy atom. The third-order valence-electron chi connectivity index (χ3n) is 6.84. The van der Waals surface area contributed by atoms with Gasteiger partial charge in [0.1, 0.15) is 0 Å². The van der Waals surface area contributed by atoms with E-state index in [-0.39, 0.29) is 17.2 Å². The molecule has 2 atom stereocenters. The molecule has 6 nitrogen and oxygen atoms in total. The normalized spacial score (nSPS) is 24.2. The zero-order chi connectivity index (χ0) is 21.4. The topological polar surface area (TPSA) is 54.3 Å². The Hall–Kier alpha value is -2.51. The lowest BCUT2D eigenvalue weighted by Crippen LogP contribution is -2.39. The van der Waals surface area contributed by atoms with E-state index in [1.807, 2.05) is 23.4 Å². The highest BCUT2D eigenvalue weighted by Gasteiger charge is 2.57. The van der Waals surface area contributed by atoms with Crippen LogP contribution in [0.25, 0.3) is 0 Å². The molecule has 7 heteroatoms. The molecule has 31 heavy (non-hydrogen) atoms. The Bertz CT molecular complexity index is 1030. The van der Waals surface area contributed by atoms with E-state index in [9.17, 15) is 4.79 Å². The average Bonchev–Trinajstić information content (AvgIpc) is 3.55. The monoisotopic (exact) mass is 435 g/mol. The summed E-state index contributed by atoms with van der Waals surface area (Å²) in [7, 11) is 0. The summed E-state index contributed by atoms with van der Waals surface area (Å²) in [5.41, 5.74) is 3.13. The second-order valence-electron chi connectivity index (χ2n) is 9.18. The molecule has 2 fully saturated rings. The Kier molecular flexibility index (Phi) is 5.40. The molecule has 2 aliphatic heterocycles. The van der Waals surface area contributed by atoms with Crippen LogP contribution in [0.15, 0.2) is 53.9 Å². The van der Waals surface area contributed by atoms with Crippen molar-refractivity contribution in [2.75, 3.05) is 19.6 Å². The molecule has 1 amide bonds. The predicted molar refractivity (Wildman–Crippen MR) is 122 cm³/mol. The first-order valence-electron chi connectivity index (χ1n) is 11.0. The lowest BCUT2D eigenvalue weighted by Gasteiger charge is -2.28. The van der Waals surface area contributed by atoms with Crippen LogP contribution in [-0.2, 0) is 17.9 Å². The Morgan fingerprint density at radius 2 is 2.03 bits per heavy atom. The molecule has 0 radical (unpaired) electrons. The number of carbonyl (C=O) groups excluding carboxylic acids is 1. The number of hydrogen-bond donors (Lipinski definition) is 0. The van der Waals surface area contributed by atoms with Crippen molar-refractivity contribution in [1.29, 1.82) is 0 Å². The van der Waals surface area contributed by atoms with Crippen molar-refractivity contribution >= 4 is 17.2 Å². The number of imidazole rings is 1. The number of nitrogens with zero attached hydrogens (tertiary/aromatic N) is 5. The number of rotatable bonds is 6. The molecule has 5 heterocycles. The lowest BCUT2D eigenvalue weighted by molar-refractivity contribution is -0.136. The van der Waals surface area contributed by atoms with Gasteiger partial charge in [0.2, 0.25) is 5.91 Å². The van der Waals surface area contributed by atoms with Crippen LogP contribution in [0.4, 0.5) is 0 Å². The number of pyridine rings is 1. The third kappa shape index (κ3) is 3.81. The standard InChI is InChI=1S/C24H29N5OS/c1-18(2)29-14-22(26-17-29)21-13-27(11-20-5-10-31-15-20)16-24(21)6-9-28(23(24)30)12-19-3-7-25-8-4-19/h3-5,7-8,10,14-15,17-18,21H,6,9,11-13,16H2,1-2H3/t21-,24+/m0/s1. The van der Waals surface area contributed by atoms with Crippen LogP contribution in [0.5, 0.6) is 0 Å². The van der Waals surface area contributed by atoms with E-state index in [1.54, 1.807) is 23.7 Å². The molecule has 0 N–H and O–H groups in total. The molecule has 5 rings (SSSR count). The largest absolute Gasteiger partial charge is 0.338 e. The van der Waals surface area contributed by atoms with Gasteiger partial charge in [0, 0.05) is 63.3 Å². The highest BCUT2D eigenvalue weighted by molar-refractivity contribution is 7.07. The zero-order valence-electron chi connectivity index (χ0n) is 18.1. The van der Waals surface area contributed by atoms with E-state index in [0.717, 1.165) is 43.9 Å². The fourth-order valence-electron chi connectivity index (χ4n) is 5.15. The van der Waals surface area contributed by atoms with Crippen LogP contribution >= 0.6 is 11.3 Å². The Morgan fingerprint density at radius 3 is 2.74 bits per heavy atom. The van der Waals surface area contributed by atoms with Crippen molar-refractivity contribution in [1.82, 2.24) is 24.3 Å². The molecular weight excluding hydrogens is 406 g/mol. The molecule has 0 saturated carbocycles. The quantitative estimate of drug-likeness (QED) is 0.589. The fourth-order valence-corrected chi connectivity index (χ4v) is 5.81. The number of aromatic nitrogens is 3. The minimum Gasteiger partial charge on any atom is -0.338 e. The fraction of sp³-hybridized carbons (Fsp3) is 0.458. The predicted octanol–water partition coefficient (Wildman–Crippen LogP) is 3.94. The first-order chi connectivity index (χ1) is 15.0. The molecular formula is C24H29N5OS. The maximum Gasteiger partial charge on any atom is 0.231 e. The SMILES string of the molecule is CC(C)n1cnc([C@@H]2CN(Cc3ccsc3)C[C@]23CCN(Cc2ccncc2)C3=O)c1. The number of thiophene rings is 1. The summed E-state index contributed by atoms with van der Waals surface area (Å²) >= 11 is 1.73. The number of amides is 1. The number of likely N-dealkylation sites (tertiary alicyclic amines) is 2. The average molecular weight is 436 g/mol. The van der Waals surface area contributed by atoms with Gasteiger partial charge in [0.15, 0.2) is 0 Å². The van der Waals surface area contributed by atoms with Gasteiger partial charge in [-0.15, -0.1) is 0 Å². The molecule has 2 aliphatic rings. The van der Waals surface area contributed by atoms with Gasteiger partial charge in [0.25, 0.3) is 0 Å². The lowest BCUT2D eigenvalue weighted by atomic mass is 9.75. The first-order valence-corrected chi connectivity index (χ1v) is 11.9. The van der Waals surface area contributed by atoms with Gasteiger partial charge in [-0.3, -0.25) is 14.7 Å². The van der Waals surface area contributed by atoms with E-state index in [2.05, 4.69) is 51.3 Å². The van der Waals surface area contributed by atoms with Gasteiger partial charge in [-0.2, -0.15) is 11.3 Å². The Balaban J connectivity index is 1.43. The highest BCUT2D eigenvalue weighted by Crippen LogP contribution is 2.50. The molecule has 3 aromatic rings. The summed E-state index contributed by atoms with van der Waals surface area (Å²) in [6.07, 6.45) is 8.56. The van der Waals surface area contributed by atoms with Crippen LogP contribution in [0, 0.1) is 5.41 Å². The summed E-state index contributed by atoms with van der Waals surface area (Å²) in [4.78, 5) is 27.2. The van der Waals surface area contributed by atoms with Crippen LogP contribution < -0.4 is 0 Å². The van der Waals surface area contributed by atoms with Crippen molar-refractivity contribution in [3.63, 3.8) is 0 Å². The smallest absolute Gasteiger partial charge is 0.231 e. The first kappa shape index (κ1) is 20.4. The molecule has 0 aliphatic carbocycles. The van der Waals surface area contributed by atoms with Gasteiger partial charge < -0.3 is 9.47 Å². The Labute approximate surface area is 187 Å². The van der Waals surface area contributed by atoms with E-state index in [4.69, 9.17) is 4.98 Å². The number of hydrogen-bond acceptors (Lipinski definition) is 5. The van der Waals surface area contributed by atoms with Crippen molar-refractivity contribution in [2.24, 2.45) is 5.41 Å². The summed E-state index contributed by atoms with van der Waals surface area (Å²) in [6.45, 7) is 8.35. The van der Waals surface area contributed by atoms with Crippen molar-refractivity contribution in [3.8, 4) is 0 Å². The van der Waals surface area contributed by atoms with Crippen LogP contribution in [0.2, 0.25) is 0 Å². The third-order valence-corrected chi connectivity index (χ3v) is 7.57. The minimum atomic E-state index is -0.390. The maximum atomic E-state index is 13.9. The van der Waals surface area contributed by atoms with Gasteiger partial charge in [-0.1, -0.05) is 0 Å². The molecule has 2 saturated heterocycles. The van der Waals surface area contributed by atoms with Crippen molar-refractivity contribution in [2.45, 2.75) is 45.3 Å². The molecule has 1 spiro atoms. The molecule has 0 bridgehead atoms. The van der Waals surface area contributed by atoms with Gasteiger partial charge >= 0.3 is 0 Å². The highest BCUT2D eigenvalue weighted by atomic mass is 32.1. The molecule has 3 aromatic heterocycles. The minimum absolute atomic E-state index is 0.126. The second-order valence-corrected chi connectivity index (χ2v) is 9.96. The van der Waals surface area contributed by atoms with Gasteiger partial charge in [0.05, 0.1) is 17.4 Å². The second kappa shape index (κ2) is 8.20. The summed E-state index contributed by atoms with van der Waals surface area (Å²) < 4.78 is 2.15. The van der Waals surface area contributed by atoms with Crippen LogP contribution in [0.1, 0.15) is 49.0 Å². The van der Waals surface area contributed by atoms with E-state index < -0.39 is 0 Å². The van der Waals surface area contributed by atoms with E-state index in [0.29, 0.717) is 12.6 Å². The summed E-state index contributed by atoms with van der Waals surface area (Å²) in [6, 6.07) is 6.54. The van der Waals surface area contributed by atoms with Gasteiger partial charge in [-0.05, 0) is 60.4 Å². The van der Waals surface area contributed by atoms with Crippen molar-refractivity contribution < 1.29 is 4.79 Å². The van der Waals surface area contributed by atoms with E-state index >= 15 is 0 Å². The summed E-state index contributed by atoms with van der Waals surface area (Å²) in [5.74, 6) is 0.405. The summed E-state index contributed by atoms with van der Waals surface area (Å²) in [5, 5.41) is 4.33. The molecule has 0 aromatic carbocycles. The molecule has 0 unspecified atom stereocenters. The van der Waals surface area contributed by atoms with Crippen molar-refractivity contribution in [3.05, 3.63) is 70.7 Å². The van der Waals surface area contributed by atoms with E-state index in [1.165, 1.54) is 5.56 Å².